The summed E-state index contributed by atoms with van der Waals surface area (Å²) in [5, 5.41) is 6.18. The molecule has 0 saturated heterocycles. The van der Waals surface area contributed by atoms with Gasteiger partial charge in [0.25, 0.3) is 0 Å². The van der Waals surface area contributed by atoms with Gasteiger partial charge in [0.15, 0.2) is 0 Å². The Morgan fingerprint density at radius 3 is 2.67 bits per heavy atom. The van der Waals surface area contributed by atoms with Gasteiger partial charge >= 0.3 is 0 Å². The van der Waals surface area contributed by atoms with Crippen molar-refractivity contribution in [1.82, 2.24) is 10.6 Å². The lowest BCUT2D eigenvalue weighted by atomic mass is 9.76. The number of benzene rings is 1. The first-order valence-electron chi connectivity index (χ1n) is 7.43. The van der Waals surface area contributed by atoms with E-state index in [2.05, 4.69) is 10.6 Å². The number of rotatable bonds is 8. The van der Waals surface area contributed by atoms with Crippen LogP contribution in [0, 0.1) is 5.82 Å². The van der Waals surface area contributed by atoms with E-state index in [0.29, 0.717) is 38.1 Å². The van der Waals surface area contributed by atoms with E-state index in [0.717, 1.165) is 12.8 Å². The van der Waals surface area contributed by atoms with Gasteiger partial charge < -0.3 is 15.4 Å². The van der Waals surface area contributed by atoms with Crippen LogP contribution in [-0.4, -0.2) is 38.8 Å². The third-order valence-electron chi connectivity index (χ3n) is 3.89. The summed E-state index contributed by atoms with van der Waals surface area (Å²) in [4.78, 5) is 11.5. The molecule has 1 aromatic rings. The van der Waals surface area contributed by atoms with E-state index >= 15 is 0 Å². The Hall–Kier alpha value is -1.46. The largest absolute Gasteiger partial charge is 0.383 e. The molecule has 4 nitrogen and oxygen atoms in total. The number of halogens is 1. The molecule has 5 heteroatoms. The molecule has 116 valence electrons. The highest BCUT2D eigenvalue weighted by Crippen LogP contribution is 2.36. The first-order valence-corrected chi connectivity index (χ1v) is 7.43. The highest BCUT2D eigenvalue weighted by atomic mass is 19.1. The van der Waals surface area contributed by atoms with Crippen molar-refractivity contribution in [2.24, 2.45) is 0 Å². The number of hydrogen-bond donors (Lipinski definition) is 2. The molecule has 1 saturated carbocycles. The zero-order valence-electron chi connectivity index (χ0n) is 12.4. The fourth-order valence-electron chi connectivity index (χ4n) is 2.56. The summed E-state index contributed by atoms with van der Waals surface area (Å²) in [5.41, 5.74) is 1.20. The minimum Gasteiger partial charge on any atom is -0.383 e. The molecule has 2 N–H and O–H groups in total. The molecular formula is C16H23FN2O2. The summed E-state index contributed by atoms with van der Waals surface area (Å²) in [6, 6.07) is 7.21. The summed E-state index contributed by atoms with van der Waals surface area (Å²) in [7, 11) is 1.61. The lowest BCUT2D eigenvalue weighted by molar-refractivity contribution is -0.121. The molecule has 0 heterocycles. The monoisotopic (exact) mass is 294 g/mol. The molecule has 0 spiro atoms. The van der Waals surface area contributed by atoms with Gasteiger partial charge in [-0.2, -0.15) is 0 Å². The third kappa shape index (κ3) is 5.10. The van der Waals surface area contributed by atoms with Gasteiger partial charge in [0.05, 0.1) is 6.61 Å². The summed E-state index contributed by atoms with van der Waals surface area (Å²) >= 11 is 0. The van der Waals surface area contributed by atoms with Gasteiger partial charge in [-0.25, -0.2) is 4.39 Å². The number of nitrogens with one attached hydrogen (secondary N) is 2. The molecule has 0 unspecified atom stereocenters. The van der Waals surface area contributed by atoms with Crippen molar-refractivity contribution in [3.05, 3.63) is 35.6 Å². The number of ether oxygens (including phenoxy) is 1. The van der Waals surface area contributed by atoms with Crippen LogP contribution in [0.2, 0.25) is 0 Å². The van der Waals surface area contributed by atoms with E-state index in [1.54, 1.807) is 7.11 Å². The average Bonchev–Trinajstić information content (AvgIpc) is 2.43. The molecule has 1 fully saturated rings. The highest BCUT2D eigenvalue weighted by molar-refractivity contribution is 5.76. The molecular weight excluding hydrogens is 271 g/mol. The number of methoxy groups -OCH3 is 1. The van der Waals surface area contributed by atoms with Crippen molar-refractivity contribution in [1.29, 1.82) is 0 Å². The Labute approximate surface area is 125 Å². The first kappa shape index (κ1) is 15.9. The SMILES string of the molecule is COCCNC(=O)CCNC1CC(c2ccc(F)cc2)C1. The van der Waals surface area contributed by atoms with Crippen LogP contribution in [0.4, 0.5) is 4.39 Å². The van der Waals surface area contributed by atoms with Crippen LogP contribution in [0.25, 0.3) is 0 Å². The van der Waals surface area contributed by atoms with Crippen LogP contribution in [0.5, 0.6) is 0 Å². The maximum atomic E-state index is 12.8. The summed E-state index contributed by atoms with van der Waals surface area (Å²) in [6.45, 7) is 1.80. The normalized spacial score (nSPS) is 20.9. The zero-order chi connectivity index (χ0) is 15.1. The second-order valence-corrected chi connectivity index (χ2v) is 5.46. The Morgan fingerprint density at radius 2 is 2.00 bits per heavy atom. The van der Waals surface area contributed by atoms with Gasteiger partial charge in [0.1, 0.15) is 5.82 Å². The van der Waals surface area contributed by atoms with Gasteiger partial charge in [0.2, 0.25) is 5.91 Å². The Morgan fingerprint density at radius 1 is 1.29 bits per heavy atom. The quantitative estimate of drug-likeness (QED) is 0.719. The van der Waals surface area contributed by atoms with Gasteiger partial charge in [-0.1, -0.05) is 12.1 Å². The van der Waals surface area contributed by atoms with E-state index < -0.39 is 0 Å². The van der Waals surface area contributed by atoms with E-state index in [1.807, 2.05) is 12.1 Å². The standard InChI is InChI=1S/C16H23FN2O2/c1-21-9-8-19-16(20)6-7-18-15-10-13(11-15)12-2-4-14(17)5-3-12/h2-5,13,15,18H,6-11H2,1H3,(H,19,20). The topological polar surface area (TPSA) is 50.4 Å². The lowest BCUT2D eigenvalue weighted by Gasteiger charge is -2.36. The molecule has 1 aliphatic carbocycles. The van der Waals surface area contributed by atoms with Crippen molar-refractivity contribution < 1.29 is 13.9 Å². The molecule has 1 aliphatic rings. The second-order valence-electron chi connectivity index (χ2n) is 5.46. The average molecular weight is 294 g/mol. The molecule has 0 aromatic heterocycles. The molecule has 0 radical (unpaired) electrons. The number of amides is 1. The van der Waals surface area contributed by atoms with Crippen molar-refractivity contribution in [3.63, 3.8) is 0 Å². The van der Waals surface area contributed by atoms with Crippen LogP contribution in [-0.2, 0) is 9.53 Å². The fraction of sp³-hybridized carbons (Fsp3) is 0.562. The Bertz CT molecular complexity index is 444. The number of carbonyl (C=O) groups excluding carboxylic acids is 1. The van der Waals surface area contributed by atoms with Crippen molar-refractivity contribution in [2.75, 3.05) is 26.8 Å². The van der Waals surface area contributed by atoms with Crippen molar-refractivity contribution in [3.8, 4) is 0 Å². The van der Waals surface area contributed by atoms with E-state index in [1.165, 1.54) is 17.7 Å². The molecule has 2 rings (SSSR count). The van der Waals surface area contributed by atoms with E-state index in [-0.39, 0.29) is 11.7 Å². The highest BCUT2D eigenvalue weighted by Gasteiger charge is 2.29. The minimum atomic E-state index is -0.188. The number of carbonyl (C=O) groups is 1. The summed E-state index contributed by atoms with van der Waals surface area (Å²) in [5.74, 6) is 0.375. The maximum absolute atomic E-state index is 12.8. The molecule has 0 aliphatic heterocycles. The van der Waals surface area contributed by atoms with E-state index in [9.17, 15) is 9.18 Å². The van der Waals surface area contributed by atoms with Crippen molar-refractivity contribution >= 4 is 5.91 Å². The maximum Gasteiger partial charge on any atom is 0.221 e. The van der Waals surface area contributed by atoms with Gasteiger partial charge in [0, 0.05) is 32.7 Å². The van der Waals surface area contributed by atoms with Gasteiger partial charge in [-0.3, -0.25) is 4.79 Å². The third-order valence-corrected chi connectivity index (χ3v) is 3.89. The fourth-order valence-corrected chi connectivity index (χ4v) is 2.56. The van der Waals surface area contributed by atoms with Crippen LogP contribution in [0.3, 0.4) is 0 Å². The summed E-state index contributed by atoms with van der Waals surface area (Å²) < 4.78 is 17.7. The number of hydrogen-bond acceptors (Lipinski definition) is 3. The lowest BCUT2D eigenvalue weighted by Crippen LogP contribution is -2.41. The van der Waals surface area contributed by atoms with Crippen LogP contribution in [0.15, 0.2) is 24.3 Å². The second kappa shape index (κ2) is 8.10. The van der Waals surface area contributed by atoms with Crippen LogP contribution >= 0.6 is 0 Å². The molecule has 0 bridgehead atoms. The zero-order valence-corrected chi connectivity index (χ0v) is 12.4. The summed E-state index contributed by atoms with van der Waals surface area (Å²) in [6.07, 6.45) is 2.59. The van der Waals surface area contributed by atoms with Gasteiger partial charge in [-0.05, 0) is 36.5 Å². The predicted octanol–water partition coefficient (Wildman–Crippen LogP) is 1.81. The van der Waals surface area contributed by atoms with Crippen molar-refractivity contribution in [2.45, 2.75) is 31.2 Å². The first-order chi connectivity index (χ1) is 10.2. The predicted molar refractivity (Wildman–Crippen MR) is 79.7 cm³/mol. The van der Waals surface area contributed by atoms with E-state index in [4.69, 9.17) is 4.74 Å². The Balaban J connectivity index is 1.56. The molecule has 1 amide bonds. The Kier molecular flexibility index (Phi) is 6.14. The van der Waals surface area contributed by atoms with Gasteiger partial charge in [-0.15, -0.1) is 0 Å². The molecule has 1 aromatic carbocycles. The minimum absolute atomic E-state index is 0.0500. The van der Waals surface area contributed by atoms with Crippen LogP contribution in [0.1, 0.15) is 30.7 Å². The molecule has 21 heavy (non-hydrogen) atoms. The molecule has 0 atom stereocenters. The van der Waals surface area contributed by atoms with Crippen LogP contribution < -0.4 is 10.6 Å². The smallest absolute Gasteiger partial charge is 0.221 e.